The van der Waals surface area contributed by atoms with Gasteiger partial charge in [0, 0.05) is 78.0 Å². The Morgan fingerprint density at radius 2 is 0.753 bits per heavy atom. The number of carbonyl (C=O) groups excluding carboxylic acids is 12. The number of hydrogen-bond acceptors (Lipinski definition) is 16. The molecule has 0 spiro atoms. The first-order chi connectivity index (χ1) is 36.6. The van der Waals surface area contributed by atoms with Crippen LogP contribution in [0, 0.1) is 0 Å². The number of unbranched alkanes of at least 4 members (excludes halogenated alkanes) is 4. The molecule has 0 saturated heterocycles. The van der Waals surface area contributed by atoms with Crippen molar-refractivity contribution in [2.75, 3.05) is 91.6 Å². The van der Waals surface area contributed by atoms with Gasteiger partial charge in [-0.3, -0.25) is 57.5 Å². The lowest BCUT2D eigenvalue weighted by Gasteiger charge is -2.25. The molecule has 0 heterocycles. The first kappa shape index (κ1) is 70.9. The van der Waals surface area contributed by atoms with Crippen LogP contribution in [0.5, 0.6) is 0 Å². The van der Waals surface area contributed by atoms with Gasteiger partial charge in [0.25, 0.3) is 0 Å². The van der Waals surface area contributed by atoms with Crippen molar-refractivity contribution in [3.05, 3.63) is 0 Å². The van der Waals surface area contributed by atoms with E-state index in [-0.39, 0.29) is 116 Å². The highest BCUT2D eigenvalue weighted by molar-refractivity contribution is 6.05. The molecule has 0 aromatic carbocycles. The minimum Gasteiger partial charge on any atom is -0.353 e. The first-order valence-corrected chi connectivity index (χ1v) is 27.4. The average molecular weight is 1100 g/mol. The summed E-state index contributed by atoms with van der Waals surface area (Å²) in [6.07, 6.45) is 5.23. The summed E-state index contributed by atoms with van der Waals surface area (Å²) >= 11 is 0. The van der Waals surface area contributed by atoms with Crippen LogP contribution < -0.4 is 54.8 Å². The fraction of sp³-hybridized carbons (Fsp3) is 0.765. The zero-order chi connectivity index (χ0) is 58.3. The molecule has 0 aliphatic rings. The molecular weight excluding hydrogens is 1000 g/mol. The molecule has 4 atom stereocenters. The van der Waals surface area contributed by atoms with Gasteiger partial charge in [-0.2, -0.15) is 0 Å². The Morgan fingerprint density at radius 3 is 1.09 bits per heavy atom. The van der Waals surface area contributed by atoms with E-state index in [1.54, 1.807) is 27.7 Å². The van der Waals surface area contributed by atoms with Crippen LogP contribution in [0.15, 0.2) is 0 Å². The van der Waals surface area contributed by atoms with Crippen molar-refractivity contribution in [3.8, 4) is 0 Å². The molecule has 0 aromatic rings. The van der Waals surface area contributed by atoms with E-state index in [2.05, 4.69) is 31.9 Å². The summed E-state index contributed by atoms with van der Waals surface area (Å²) in [5.41, 5.74) is 23.0. The minimum atomic E-state index is -1.10. The summed E-state index contributed by atoms with van der Waals surface area (Å²) in [4.78, 5) is 160. The Labute approximate surface area is 455 Å². The molecule has 440 valence electrons. The van der Waals surface area contributed by atoms with Gasteiger partial charge >= 0.3 is 0 Å². The molecule has 26 heteroatoms. The number of nitrogens with two attached hydrogens (primary N) is 4. The van der Waals surface area contributed by atoms with Crippen LogP contribution in [0.4, 0.5) is 0 Å². The zero-order valence-electron chi connectivity index (χ0n) is 46.8. The van der Waals surface area contributed by atoms with Gasteiger partial charge in [0.15, 0.2) is 11.6 Å². The third kappa shape index (κ3) is 31.6. The Bertz CT molecular complexity index is 1890. The van der Waals surface area contributed by atoms with E-state index < -0.39 is 103 Å². The number of nitrogens with one attached hydrogen (secondary N) is 6. The molecule has 0 radical (unpaired) electrons. The highest BCUT2D eigenvalue weighted by atomic mass is 16.2. The van der Waals surface area contributed by atoms with Crippen LogP contribution in [0.1, 0.15) is 138 Å². The summed E-state index contributed by atoms with van der Waals surface area (Å²) < 4.78 is 0. The molecule has 0 aliphatic carbocycles. The molecule has 0 fully saturated rings. The third-order valence-corrected chi connectivity index (χ3v) is 12.3. The fourth-order valence-electron chi connectivity index (χ4n) is 7.68. The average Bonchev–Trinajstić information content (AvgIpc) is 3.40. The van der Waals surface area contributed by atoms with E-state index >= 15 is 0 Å². The highest BCUT2D eigenvalue weighted by Crippen LogP contribution is 2.11. The van der Waals surface area contributed by atoms with Gasteiger partial charge in [-0.15, -0.1) is 0 Å². The molecule has 14 N–H and O–H groups in total. The van der Waals surface area contributed by atoms with Crippen LogP contribution in [0.3, 0.4) is 0 Å². The van der Waals surface area contributed by atoms with E-state index in [1.807, 2.05) is 6.92 Å². The van der Waals surface area contributed by atoms with Crippen molar-refractivity contribution in [1.29, 1.82) is 0 Å². The van der Waals surface area contributed by atoms with Crippen molar-refractivity contribution in [1.82, 2.24) is 51.5 Å². The lowest BCUT2D eigenvalue weighted by atomic mass is 9.95. The largest absolute Gasteiger partial charge is 0.353 e. The van der Waals surface area contributed by atoms with Crippen LogP contribution in [0.2, 0.25) is 0 Å². The molecule has 10 amide bonds. The van der Waals surface area contributed by atoms with Crippen LogP contribution in [-0.4, -0.2) is 206 Å². The number of ketones is 2. The van der Waals surface area contributed by atoms with E-state index in [0.717, 1.165) is 19.3 Å². The van der Waals surface area contributed by atoms with Crippen molar-refractivity contribution in [2.24, 2.45) is 22.9 Å². The van der Waals surface area contributed by atoms with Crippen molar-refractivity contribution in [2.45, 2.75) is 162 Å². The second-order valence-corrected chi connectivity index (χ2v) is 18.8. The van der Waals surface area contributed by atoms with Gasteiger partial charge < -0.3 is 74.4 Å². The number of carbonyl (C=O) groups is 12. The number of nitrogens with zero attached hydrogens (tertiary/aromatic N) is 4. The Morgan fingerprint density at radius 1 is 0.416 bits per heavy atom. The second-order valence-electron chi connectivity index (χ2n) is 18.8. The number of rotatable bonds is 44. The van der Waals surface area contributed by atoms with Gasteiger partial charge in [-0.25, -0.2) is 0 Å². The van der Waals surface area contributed by atoms with Crippen LogP contribution in [-0.2, 0) is 57.5 Å². The summed E-state index contributed by atoms with van der Waals surface area (Å²) in [6.45, 7) is 8.89. The highest BCUT2D eigenvalue weighted by Gasteiger charge is 2.30. The lowest BCUT2D eigenvalue weighted by Crippen LogP contribution is -2.51. The van der Waals surface area contributed by atoms with E-state index in [4.69, 9.17) is 22.9 Å². The number of Topliss-reactive ketones (excluding diaryl/α,β-unsaturated/α-hetero) is 2. The number of amides is 10. The predicted octanol–water partition coefficient (Wildman–Crippen LogP) is -2.58. The Hall–Kier alpha value is -6.12. The van der Waals surface area contributed by atoms with Gasteiger partial charge in [0.05, 0.1) is 56.8 Å². The molecule has 0 bridgehead atoms. The van der Waals surface area contributed by atoms with Crippen molar-refractivity contribution in [3.63, 3.8) is 0 Å². The normalized spacial score (nSPS) is 12.4. The number of hydrogen-bond donors (Lipinski definition) is 10. The SMILES string of the molecule is CCCCC[C@@H](N)C(=O)N[C@H](CCCCN)C(=O)CC(=O)[C@H](CCCCN)NC(=O)CN(CCNC(=O)CN(CCNC(=O)CN(CCNC(=O)CN(CCNC(=O)[C@H](C)N)C(=O)CC)C(=O)CC)C(=O)CC)C(=O)CC. The summed E-state index contributed by atoms with van der Waals surface area (Å²) in [5, 5.41) is 15.9. The summed E-state index contributed by atoms with van der Waals surface area (Å²) in [7, 11) is 0. The predicted molar refractivity (Wildman–Crippen MR) is 290 cm³/mol. The molecular formula is C51H94N14O12. The topological polar surface area (TPSA) is 394 Å². The van der Waals surface area contributed by atoms with E-state index in [1.165, 1.54) is 26.5 Å². The van der Waals surface area contributed by atoms with Gasteiger partial charge in [-0.05, 0) is 65.0 Å². The van der Waals surface area contributed by atoms with Gasteiger partial charge in [-0.1, -0.05) is 53.9 Å². The van der Waals surface area contributed by atoms with Gasteiger partial charge in [0.1, 0.15) is 0 Å². The summed E-state index contributed by atoms with van der Waals surface area (Å²) in [5.74, 6) is -5.84. The fourth-order valence-corrected chi connectivity index (χ4v) is 7.68. The monoisotopic (exact) mass is 1090 g/mol. The lowest BCUT2D eigenvalue weighted by molar-refractivity contribution is -0.137. The second kappa shape index (κ2) is 42.0. The molecule has 0 unspecified atom stereocenters. The molecule has 77 heavy (non-hydrogen) atoms. The standard InChI is InChI=1S/C51H94N14O12/c1-7-12-13-18-37(55)51(77)61-39(20-15-17-22-53)41(67)31-40(66)38(19-14-16-21-52)60-45(71)35-65(49(75)11-5)29-25-58-43(69)33-63(47(73)9-3)27-23-56-42(68)32-62(46(72)8-2)28-24-57-44(70)34-64(48(74)10-4)30-26-59-50(76)36(6)54/h36-39H,7-35,52-55H2,1-6H3,(H,56,68)(H,57,70)(H,58,69)(H,59,76)(H,60,71)(H,61,77)/t36-,37+,38-,39+/m0/s1. The van der Waals surface area contributed by atoms with Crippen molar-refractivity contribution >= 4 is 70.6 Å². The van der Waals surface area contributed by atoms with E-state index in [0.29, 0.717) is 45.2 Å². The Kier molecular flexibility index (Phi) is 38.6. The zero-order valence-corrected chi connectivity index (χ0v) is 46.8. The minimum absolute atomic E-state index is 0.0145. The molecule has 0 aromatic heterocycles. The van der Waals surface area contributed by atoms with Crippen LogP contribution >= 0.6 is 0 Å². The van der Waals surface area contributed by atoms with E-state index in [9.17, 15) is 57.5 Å². The van der Waals surface area contributed by atoms with Crippen molar-refractivity contribution < 1.29 is 57.5 Å². The maximum absolute atomic E-state index is 13.7. The molecule has 0 aliphatic heterocycles. The maximum atomic E-state index is 13.7. The molecule has 0 saturated carbocycles. The molecule has 0 rings (SSSR count). The third-order valence-electron chi connectivity index (χ3n) is 12.3. The summed E-state index contributed by atoms with van der Waals surface area (Å²) in [6, 6.07) is -3.64. The van der Waals surface area contributed by atoms with Crippen LogP contribution in [0.25, 0.3) is 0 Å². The van der Waals surface area contributed by atoms with Gasteiger partial charge in [0.2, 0.25) is 59.1 Å². The quantitative estimate of drug-likeness (QED) is 0.0221. The molecule has 26 nitrogen and oxygen atoms in total. The smallest absolute Gasteiger partial charge is 0.240 e. The first-order valence-electron chi connectivity index (χ1n) is 27.4. The Balaban J connectivity index is 5.53. The maximum Gasteiger partial charge on any atom is 0.240 e.